The first-order valence-electron chi connectivity index (χ1n) is 6.67. The number of aliphatic hydroxyl groups is 1. The highest BCUT2D eigenvalue weighted by molar-refractivity contribution is 14.1. The normalized spacial score (nSPS) is 13.6. The van der Waals surface area contributed by atoms with Gasteiger partial charge >= 0.3 is 0 Å². The molecule has 0 aliphatic rings. The first kappa shape index (κ1) is 15.3. The maximum atomic E-state index is 10.6. The molecule has 0 bridgehead atoms. The largest absolute Gasteiger partial charge is 0.380 e. The number of H-pyrrole nitrogens is 1. The van der Waals surface area contributed by atoms with Crippen LogP contribution in [-0.2, 0) is 0 Å². The zero-order chi connectivity index (χ0) is 14.7. The summed E-state index contributed by atoms with van der Waals surface area (Å²) in [7, 11) is 0. The number of imidazole rings is 1. The summed E-state index contributed by atoms with van der Waals surface area (Å²) in [4.78, 5) is 7.16. The molecule has 0 amide bonds. The maximum absolute atomic E-state index is 10.6. The lowest BCUT2D eigenvalue weighted by Gasteiger charge is -2.19. The number of benzene rings is 1. The van der Waals surface area contributed by atoms with Crippen molar-refractivity contribution in [3.8, 4) is 0 Å². The lowest BCUT2D eigenvalue weighted by atomic mass is 9.89. The highest BCUT2D eigenvalue weighted by atomic mass is 127. The van der Waals surface area contributed by atoms with Crippen molar-refractivity contribution in [3.05, 3.63) is 56.7 Å². The molecule has 1 aromatic heterocycles. The molecule has 1 unspecified atom stereocenters. The third kappa shape index (κ3) is 2.81. The van der Waals surface area contributed by atoms with E-state index in [1.54, 1.807) is 12.4 Å². The predicted octanol–water partition coefficient (Wildman–Crippen LogP) is 4.29. The zero-order valence-electron chi connectivity index (χ0n) is 11.9. The molecular formula is C16H19IN2O. The van der Waals surface area contributed by atoms with Crippen molar-refractivity contribution in [2.24, 2.45) is 0 Å². The number of allylic oxidation sites excluding steroid dienone is 1. The average molecular weight is 382 g/mol. The van der Waals surface area contributed by atoms with Crippen LogP contribution in [0, 0.1) is 13.8 Å². The van der Waals surface area contributed by atoms with Crippen LogP contribution in [-0.4, -0.2) is 15.1 Å². The SMILES string of the molecule is CC/C(=C/I)c1c(C(O)c2ncc[nH]2)ccc(C)c1C. The summed E-state index contributed by atoms with van der Waals surface area (Å²) in [5.74, 6) is 0.582. The topological polar surface area (TPSA) is 48.9 Å². The Labute approximate surface area is 133 Å². The van der Waals surface area contributed by atoms with Gasteiger partial charge < -0.3 is 10.1 Å². The molecule has 0 spiro atoms. The fraction of sp³-hybridized carbons (Fsp3) is 0.312. The van der Waals surface area contributed by atoms with Gasteiger partial charge in [0.15, 0.2) is 0 Å². The Balaban J connectivity index is 2.61. The number of aliphatic hydroxyl groups excluding tert-OH is 1. The number of nitrogens with one attached hydrogen (secondary N) is 1. The van der Waals surface area contributed by atoms with Gasteiger partial charge in [0.25, 0.3) is 0 Å². The molecule has 1 heterocycles. The minimum Gasteiger partial charge on any atom is -0.380 e. The number of hydrogen-bond acceptors (Lipinski definition) is 2. The lowest BCUT2D eigenvalue weighted by Crippen LogP contribution is -2.07. The van der Waals surface area contributed by atoms with Crippen LogP contribution in [0.2, 0.25) is 0 Å². The van der Waals surface area contributed by atoms with Gasteiger partial charge in [0.1, 0.15) is 11.9 Å². The van der Waals surface area contributed by atoms with Crippen molar-refractivity contribution >= 4 is 28.2 Å². The van der Waals surface area contributed by atoms with Gasteiger partial charge in [-0.3, -0.25) is 0 Å². The number of aryl methyl sites for hydroxylation is 1. The molecule has 0 saturated heterocycles. The molecule has 0 saturated carbocycles. The standard InChI is InChI=1S/C16H19IN2O/c1-4-12(9-17)14-11(3)10(2)5-6-13(14)15(20)16-18-7-8-19-16/h5-9,15,20H,4H2,1-3H3,(H,18,19)/b12-9-. The summed E-state index contributed by atoms with van der Waals surface area (Å²) >= 11 is 2.27. The molecule has 2 rings (SSSR count). The Bertz CT molecular complexity index is 618. The number of rotatable bonds is 4. The smallest absolute Gasteiger partial charge is 0.139 e. The van der Waals surface area contributed by atoms with Crippen LogP contribution in [0.3, 0.4) is 0 Å². The van der Waals surface area contributed by atoms with E-state index in [9.17, 15) is 5.11 Å². The predicted molar refractivity (Wildman–Crippen MR) is 90.9 cm³/mol. The Morgan fingerprint density at radius 3 is 2.75 bits per heavy atom. The number of aromatic nitrogens is 2. The molecular weight excluding hydrogens is 363 g/mol. The molecule has 0 fully saturated rings. The van der Waals surface area contributed by atoms with E-state index in [0.29, 0.717) is 5.82 Å². The van der Waals surface area contributed by atoms with E-state index in [1.807, 2.05) is 6.07 Å². The number of hydrogen-bond donors (Lipinski definition) is 2. The van der Waals surface area contributed by atoms with Crippen molar-refractivity contribution < 1.29 is 5.11 Å². The van der Waals surface area contributed by atoms with Crippen LogP contribution < -0.4 is 0 Å². The van der Waals surface area contributed by atoms with E-state index < -0.39 is 6.10 Å². The summed E-state index contributed by atoms with van der Waals surface area (Å²) in [5.41, 5.74) is 5.75. The molecule has 0 aliphatic carbocycles. The quantitative estimate of drug-likeness (QED) is 0.775. The summed E-state index contributed by atoms with van der Waals surface area (Å²) in [5, 5.41) is 10.6. The van der Waals surface area contributed by atoms with Gasteiger partial charge in [0, 0.05) is 12.4 Å². The Hall–Kier alpha value is -1.14. The Morgan fingerprint density at radius 2 is 2.20 bits per heavy atom. The van der Waals surface area contributed by atoms with E-state index in [2.05, 4.69) is 63.5 Å². The summed E-state index contributed by atoms with van der Waals surface area (Å²) in [6.45, 7) is 6.34. The molecule has 1 aromatic carbocycles. The molecule has 2 aromatic rings. The van der Waals surface area contributed by atoms with Crippen LogP contribution in [0.5, 0.6) is 0 Å². The molecule has 2 N–H and O–H groups in total. The first-order valence-corrected chi connectivity index (χ1v) is 7.91. The van der Waals surface area contributed by atoms with Crippen LogP contribution in [0.25, 0.3) is 5.57 Å². The van der Waals surface area contributed by atoms with Crippen LogP contribution >= 0.6 is 22.6 Å². The average Bonchev–Trinajstić information content (AvgIpc) is 2.98. The van der Waals surface area contributed by atoms with Gasteiger partial charge in [-0.25, -0.2) is 4.98 Å². The van der Waals surface area contributed by atoms with Crippen LogP contribution in [0.15, 0.2) is 28.6 Å². The Morgan fingerprint density at radius 1 is 1.45 bits per heavy atom. The van der Waals surface area contributed by atoms with Crippen molar-refractivity contribution in [2.75, 3.05) is 0 Å². The Kier molecular flexibility index (Phi) is 4.99. The molecule has 4 heteroatoms. The zero-order valence-corrected chi connectivity index (χ0v) is 14.1. The van der Waals surface area contributed by atoms with Crippen molar-refractivity contribution in [1.29, 1.82) is 0 Å². The van der Waals surface area contributed by atoms with E-state index in [1.165, 1.54) is 16.7 Å². The number of aromatic amines is 1. The van der Waals surface area contributed by atoms with Gasteiger partial charge in [-0.15, -0.1) is 0 Å². The third-order valence-electron chi connectivity index (χ3n) is 3.67. The second-order valence-corrected chi connectivity index (χ2v) is 5.46. The minimum atomic E-state index is -0.725. The minimum absolute atomic E-state index is 0.582. The fourth-order valence-electron chi connectivity index (χ4n) is 2.37. The number of halogens is 1. The highest BCUT2D eigenvalue weighted by Gasteiger charge is 2.20. The molecule has 1 atom stereocenters. The summed E-state index contributed by atoms with van der Waals surface area (Å²) in [6.07, 6.45) is 3.60. The van der Waals surface area contributed by atoms with Crippen LogP contribution in [0.4, 0.5) is 0 Å². The monoisotopic (exact) mass is 382 g/mol. The third-order valence-corrected chi connectivity index (χ3v) is 4.43. The maximum Gasteiger partial charge on any atom is 0.139 e. The second-order valence-electron chi connectivity index (χ2n) is 4.84. The van der Waals surface area contributed by atoms with Crippen molar-refractivity contribution in [2.45, 2.75) is 33.3 Å². The van der Waals surface area contributed by atoms with Crippen molar-refractivity contribution in [3.63, 3.8) is 0 Å². The van der Waals surface area contributed by atoms with Gasteiger partial charge in [-0.2, -0.15) is 0 Å². The highest BCUT2D eigenvalue weighted by Crippen LogP contribution is 2.34. The van der Waals surface area contributed by atoms with E-state index >= 15 is 0 Å². The first-order chi connectivity index (χ1) is 9.60. The summed E-state index contributed by atoms with van der Waals surface area (Å²) < 4.78 is 2.10. The van der Waals surface area contributed by atoms with Gasteiger partial charge in [-0.05, 0) is 52.2 Å². The lowest BCUT2D eigenvalue weighted by molar-refractivity contribution is 0.210. The van der Waals surface area contributed by atoms with E-state index in [-0.39, 0.29) is 0 Å². The van der Waals surface area contributed by atoms with Gasteiger partial charge in [-0.1, -0.05) is 41.6 Å². The van der Waals surface area contributed by atoms with E-state index in [4.69, 9.17) is 0 Å². The number of nitrogens with zero attached hydrogens (tertiary/aromatic N) is 1. The van der Waals surface area contributed by atoms with Gasteiger partial charge in [0.05, 0.1) is 0 Å². The molecule has 20 heavy (non-hydrogen) atoms. The molecule has 3 nitrogen and oxygen atoms in total. The fourth-order valence-corrected chi connectivity index (χ4v) is 3.13. The second kappa shape index (κ2) is 6.54. The van der Waals surface area contributed by atoms with Crippen molar-refractivity contribution in [1.82, 2.24) is 9.97 Å². The molecule has 106 valence electrons. The molecule has 0 radical (unpaired) electrons. The molecule has 0 aliphatic heterocycles. The van der Waals surface area contributed by atoms with Crippen LogP contribution in [0.1, 0.15) is 47.5 Å². The van der Waals surface area contributed by atoms with Gasteiger partial charge in [0.2, 0.25) is 0 Å². The van der Waals surface area contributed by atoms with E-state index in [0.717, 1.165) is 17.5 Å². The summed E-state index contributed by atoms with van der Waals surface area (Å²) in [6, 6.07) is 4.06.